The number of nitrogens with one attached hydrogen (secondary N) is 1. The van der Waals surface area contributed by atoms with Crippen molar-refractivity contribution in [1.29, 1.82) is 5.26 Å². The molecule has 1 aliphatic heterocycles. The van der Waals surface area contributed by atoms with Gasteiger partial charge in [-0.05, 0) is 33.6 Å². The van der Waals surface area contributed by atoms with Gasteiger partial charge in [0, 0.05) is 9.86 Å². The molecule has 2 heterocycles. The molecule has 33 heavy (non-hydrogen) atoms. The maximum Gasteiger partial charge on any atom is 0.355 e. The highest BCUT2D eigenvalue weighted by molar-refractivity contribution is 9.10. The number of ether oxygens (including phenoxy) is 2. The molecule has 0 bridgehead atoms. The first kappa shape index (κ1) is 22.1. The van der Waals surface area contributed by atoms with Crippen molar-refractivity contribution in [1.82, 2.24) is 10.2 Å². The molecule has 166 valence electrons. The topological polar surface area (TPSA) is 134 Å². The van der Waals surface area contributed by atoms with Crippen molar-refractivity contribution in [3.05, 3.63) is 81.4 Å². The lowest BCUT2D eigenvalue weighted by atomic mass is 9.81. The van der Waals surface area contributed by atoms with Crippen LogP contribution in [0.4, 0.5) is 5.69 Å². The number of nitrogens with two attached hydrogens (primary N) is 1. The summed E-state index contributed by atoms with van der Waals surface area (Å²) >= 11 is 3.50. The van der Waals surface area contributed by atoms with E-state index in [1.807, 2.05) is 0 Å². The lowest BCUT2D eigenvalue weighted by Gasteiger charge is -2.36. The van der Waals surface area contributed by atoms with Gasteiger partial charge in [0.25, 0.3) is 0 Å². The van der Waals surface area contributed by atoms with E-state index in [0.29, 0.717) is 21.2 Å². The number of nitriles is 1. The van der Waals surface area contributed by atoms with Crippen LogP contribution >= 0.6 is 15.9 Å². The Morgan fingerprint density at radius 2 is 1.88 bits per heavy atom. The lowest BCUT2D eigenvalue weighted by molar-refractivity contribution is -0.139. The molecule has 0 radical (unpaired) electrons. The number of aromatic nitrogens is 2. The molecule has 4 rings (SSSR count). The highest BCUT2D eigenvalue weighted by Gasteiger charge is 2.43. The molecule has 1 atom stereocenters. The van der Waals surface area contributed by atoms with Crippen LogP contribution in [-0.4, -0.2) is 36.4 Å². The quantitative estimate of drug-likeness (QED) is 0.513. The van der Waals surface area contributed by atoms with Crippen LogP contribution in [0.25, 0.3) is 10.9 Å². The smallest absolute Gasteiger partial charge is 0.355 e. The highest BCUT2D eigenvalue weighted by atomic mass is 79.9. The summed E-state index contributed by atoms with van der Waals surface area (Å²) in [4.78, 5) is 27.5. The fourth-order valence-corrected chi connectivity index (χ4v) is 4.43. The van der Waals surface area contributed by atoms with Gasteiger partial charge in [0.1, 0.15) is 11.5 Å². The Hall–Kier alpha value is -4.10. The zero-order valence-electron chi connectivity index (χ0n) is 17.6. The predicted octanol–water partition coefficient (Wildman–Crippen LogP) is 3.22. The Morgan fingerprint density at radius 3 is 2.52 bits per heavy atom. The Balaban J connectivity index is 2.10. The van der Waals surface area contributed by atoms with Crippen molar-refractivity contribution in [2.45, 2.75) is 5.92 Å². The number of carbonyl (C=O) groups excluding carboxylic acids is 2. The third kappa shape index (κ3) is 3.62. The summed E-state index contributed by atoms with van der Waals surface area (Å²) in [6.07, 6.45) is 1.64. The summed E-state index contributed by atoms with van der Waals surface area (Å²) < 4.78 is 10.6. The van der Waals surface area contributed by atoms with E-state index in [0.717, 1.165) is 5.39 Å². The van der Waals surface area contributed by atoms with E-state index in [9.17, 15) is 14.9 Å². The van der Waals surface area contributed by atoms with E-state index >= 15 is 0 Å². The number of hydrogen-bond acceptors (Lipinski definition) is 8. The average molecular weight is 508 g/mol. The predicted molar refractivity (Wildman–Crippen MR) is 123 cm³/mol. The third-order valence-corrected chi connectivity index (χ3v) is 5.99. The number of hydrogen-bond donors (Lipinski definition) is 2. The Morgan fingerprint density at radius 1 is 1.18 bits per heavy atom. The second kappa shape index (κ2) is 8.80. The van der Waals surface area contributed by atoms with E-state index in [2.05, 4.69) is 32.2 Å². The average Bonchev–Trinajstić information content (AvgIpc) is 3.29. The van der Waals surface area contributed by atoms with Crippen LogP contribution in [0.2, 0.25) is 0 Å². The van der Waals surface area contributed by atoms with Crippen LogP contribution in [0.15, 0.2) is 75.8 Å². The van der Waals surface area contributed by atoms with Crippen molar-refractivity contribution in [3.63, 3.8) is 0 Å². The largest absolute Gasteiger partial charge is 0.466 e. The van der Waals surface area contributed by atoms with Gasteiger partial charge in [-0.3, -0.25) is 10.00 Å². The number of carbonyl (C=O) groups is 2. The fraction of sp³-hybridized carbons (Fsp3) is 0.130. The molecule has 3 aromatic rings. The molecule has 0 saturated carbocycles. The summed E-state index contributed by atoms with van der Waals surface area (Å²) in [5.74, 6) is -2.54. The number of methoxy groups -OCH3 is 2. The first-order valence-corrected chi connectivity index (χ1v) is 10.5. The minimum Gasteiger partial charge on any atom is -0.466 e. The van der Waals surface area contributed by atoms with Crippen LogP contribution in [-0.2, 0) is 19.1 Å². The van der Waals surface area contributed by atoms with Crippen LogP contribution in [0.5, 0.6) is 0 Å². The normalized spacial score (nSPS) is 16.1. The minimum absolute atomic E-state index is 0.0148. The van der Waals surface area contributed by atoms with Gasteiger partial charge in [-0.25, -0.2) is 9.59 Å². The number of H-pyrrole nitrogens is 1. The molecule has 9 nitrogen and oxygen atoms in total. The van der Waals surface area contributed by atoms with Gasteiger partial charge in [-0.2, -0.15) is 10.4 Å². The van der Waals surface area contributed by atoms with Gasteiger partial charge in [0.2, 0.25) is 0 Å². The number of allylic oxidation sites excluding steroid dienone is 1. The zero-order chi connectivity index (χ0) is 23.7. The summed E-state index contributed by atoms with van der Waals surface area (Å²) in [6.45, 7) is 0. The Bertz CT molecular complexity index is 1370. The van der Waals surface area contributed by atoms with E-state index in [1.165, 1.54) is 19.1 Å². The van der Waals surface area contributed by atoms with E-state index in [1.54, 1.807) is 48.7 Å². The van der Waals surface area contributed by atoms with Crippen molar-refractivity contribution in [2.24, 2.45) is 5.73 Å². The van der Waals surface area contributed by atoms with Gasteiger partial charge in [0.05, 0.1) is 54.8 Å². The maximum atomic E-state index is 13.1. The number of fused-ring (bicyclic) bond motifs is 1. The van der Waals surface area contributed by atoms with E-state index in [4.69, 9.17) is 15.2 Å². The van der Waals surface area contributed by atoms with Crippen LogP contribution in [0.3, 0.4) is 0 Å². The Labute approximate surface area is 197 Å². The molecule has 2 aromatic carbocycles. The molecular formula is C23H18BrN5O4. The van der Waals surface area contributed by atoms with Gasteiger partial charge < -0.3 is 15.2 Å². The summed E-state index contributed by atoms with van der Waals surface area (Å²) in [5.41, 5.74) is 8.06. The van der Waals surface area contributed by atoms with Crippen molar-refractivity contribution in [3.8, 4) is 6.07 Å². The molecule has 0 fully saturated rings. The monoisotopic (exact) mass is 507 g/mol. The number of rotatable bonds is 4. The second-order valence-corrected chi connectivity index (χ2v) is 7.95. The number of anilines is 1. The zero-order valence-corrected chi connectivity index (χ0v) is 19.2. The van der Waals surface area contributed by atoms with Crippen molar-refractivity contribution >= 4 is 44.5 Å². The van der Waals surface area contributed by atoms with Crippen molar-refractivity contribution < 1.29 is 19.1 Å². The van der Waals surface area contributed by atoms with E-state index < -0.39 is 17.9 Å². The molecule has 1 aliphatic rings. The first-order valence-electron chi connectivity index (χ1n) is 9.71. The van der Waals surface area contributed by atoms with Gasteiger partial charge in [-0.15, -0.1) is 0 Å². The van der Waals surface area contributed by atoms with Gasteiger partial charge in [-0.1, -0.05) is 30.3 Å². The molecule has 0 aliphatic carbocycles. The molecule has 10 heteroatoms. The number of aromatic amines is 1. The molecule has 0 amide bonds. The van der Waals surface area contributed by atoms with Crippen molar-refractivity contribution in [2.75, 3.05) is 19.1 Å². The fourth-order valence-electron chi connectivity index (χ4n) is 3.89. The Kier molecular flexibility index (Phi) is 5.89. The molecule has 0 saturated heterocycles. The standard InChI is InChI=1S/C23H18BrN5O4/c1-32-22(30)19-18(12-6-4-3-5-7-12)14(10-25)21(26)29(20(19)23(31)33-2)17-9-16-13(8-15(17)24)11-27-28-16/h3-9,11,18H,26H2,1-2H3,(H,27,28). The number of benzene rings is 2. The maximum absolute atomic E-state index is 13.1. The van der Waals surface area contributed by atoms with Crippen LogP contribution in [0, 0.1) is 11.3 Å². The molecule has 1 unspecified atom stereocenters. The third-order valence-electron chi connectivity index (χ3n) is 5.36. The number of nitrogens with zero attached hydrogens (tertiary/aromatic N) is 3. The van der Waals surface area contributed by atoms with Gasteiger partial charge >= 0.3 is 11.9 Å². The minimum atomic E-state index is -0.927. The lowest BCUT2D eigenvalue weighted by Crippen LogP contribution is -2.41. The SMILES string of the molecule is COC(=O)C1=C(C(=O)OC)N(c2cc3[nH]ncc3cc2Br)C(N)=C(C#N)C1c1ccccc1. The summed E-state index contributed by atoms with van der Waals surface area (Å²) in [6, 6.07) is 14.4. The molecule has 0 spiro atoms. The highest BCUT2D eigenvalue weighted by Crippen LogP contribution is 2.45. The number of halogens is 1. The second-order valence-electron chi connectivity index (χ2n) is 7.10. The van der Waals surface area contributed by atoms with E-state index in [-0.39, 0.29) is 22.7 Å². The van der Waals surface area contributed by atoms with Crippen LogP contribution < -0.4 is 10.6 Å². The van der Waals surface area contributed by atoms with Crippen LogP contribution in [0.1, 0.15) is 11.5 Å². The molecule has 1 aromatic heterocycles. The van der Waals surface area contributed by atoms with Gasteiger partial charge in [0.15, 0.2) is 0 Å². The summed E-state index contributed by atoms with van der Waals surface area (Å²) in [7, 11) is 2.41. The first-order chi connectivity index (χ1) is 15.9. The number of esters is 2. The molecule has 3 N–H and O–H groups in total. The molecular weight excluding hydrogens is 490 g/mol. The summed E-state index contributed by atoms with van der Waals surface area (Å²) in [5, 5.41) is 17.8.